The van der Waals surface area contributed by atoms with Gasteiger partial charge in [0.2, 0.25) is 0 Å². The standard InChI is InChI=1S/C80H152N2O2/c1-5-9-13-17-21-25-29-33-37-41-45-49-53-57-61-67-73-81(74-68-62-58-54-50-46-42-38-34-30-26-22-18-14-10-6-2)79(83)77-71-65-66-72-78(77)80(84)82(75-69-63-59-55-51-47-43-39-35-31-27-23-19-15-11-7-3)76-70-64-60-56-52-48-44-40-36-32-28-24-20-16-12-8-4/h65-66,71-72H,5-64,67-70,73-76H2,1-4H3. The van der Waals surface area contributed by atoms with Crippen molar-refractivity contribution in [3.63, 3.8) is 0 Å². The Bertz CT molecular complexity index is 1280. The molecule has 0 radical (unpaired) electrons. The SMILES string of the molecule is CCCCCCCCCCCCCCCCCCN(CCCCCCCCCCCCCCCCCC)C(=O)c1ccccc1C(=O)N(CCCCCCCCCCCCCCCCCC)CCCCCCCCCCCCCCCCCC. The minimum absolute atomic E-state index is 0.0886. The third-order valence-corrected chi connectivity index (χ3v) is 19.1. The minimum Gasteiger partial charge on any atom is -0.339 e. The van der Waals surface area contributed by atoms with Crippen molar-refractivity contribution in [2.45, 2.75) is 439 Å². The van der Waals surface area contributed by atoms with E-state index in [1.54, 1.807) is 0 Å². The van der Waals surface area contributed by atoms with Crippen molar-refractivity contribution in [3.05, 3.63) is 35.4 Å². The van der Waals surface area contributed by atoms with Crippen molar-refractivity contribution in [1.29, 1.82) is 0 Å². The third kappa shape index (κ3) is 53.2. The van der Waals surface area contributed by atoms with Gasteiger partial charge >= 0.3 is 0 Å². The van der Waals surface area contributed by atoms with Gasteiger partial charge in [-0.3, -0.25) is 9.59 Å². The second-order valence-electron chi connectivity index (χ2n) is 27.3. The maximum atomic E-state index is 14.9. The molecule has 0 aliphatic carbocycles. The van der Waals surface area contributed by atoms with Crippen LogP contribution in [-0.2, 0) is 0 Å². The van der Waals surface area contributed by atoms with E-state index in [9.17, 15) is 9.59 Å². The van der Waals surface area contributed by atoms with Crippen LogP contribution in [0.1, 0.15) is 459 Å². The van der Waals surface area contributed by atoms with Crippen LogP contribution < -0.4 is 0 Å². The number of amides is 2. The van der Waals surface area contributed by atoms with Crippen molar-refractivity contribution in [3.8, 4) is 0 Å². The molecule has 0 aliphatic rings. The molecule has 0 fully saturated rings. The van der Waals surface area contributed by atoms with Gasteiger partial charge in [0, 0.05) is 26.2 Å². The molecule has 0 spiro atoms. The van der Waals surface area contributed by atoms with Crippen LogP contribution in [0.2, 0.25) is 0 Å². The number of nitrogens with zero attached hydrogens (tertiary/aromatic N) is 2. The summed E-state index contributed by atoms with van der Waals surface area (Å²) in [5.41, 5.74) is 1.28. The quantitative estimate of drug-likeness (QED) is 0.0610. The first-order valence-electron chi connectivity index (χ1n) is 39.3. The average molecular weight is 1170 g/mol. The molecule has 0 saturated carbocycles. The molecule has 0 bridgehead atoms. The zero-order valence-corrected chi connectivity index (χ0v) is 58.1. The molecule has 0 saturated heterocycles. The Morgan fingerprint density at radius 2 is 0.321 bits per heavy atom. The van der Waals surface area contributed by atoms with Gasteiger partial charge in [0.25, 0.3) is 11.8 Å². The summed E-state index contributed by atoms with van der Waals surface area (Å²) in [7, 11) is 0. The summed E-state index contributed by atoms with van der Waals surface area (Å²) >= 11 is 0. The van der Waals surface area contributed by atoms with Crippen LogP contribution in [0, 0.1) is 0 Å². The number of hydrogen-bond donors (Lipinski definition) is 0. The number of hydrogen-bond acceptors (Lipinski definition) is 2. The van der Waals surface area contributed by atoms with Gasteiger partial charge in [-0.25, -0.2) is 0 Å². The van der Waals surface area contributed by atoms with Crippen molar-refractivity contribution in [1.82, 2.24) is 9.80 Å². The Labute approximate surface area is 528 Å². The topological polar surface area (TPSA) is 40.6 Å². The van der Waals surface area contributed by atoms with E-state index in [4.69, 9.17) is 0 Å². The predicted molar refractivity (Wildman–Crippen MR) is 376 cm³/mol. The number of carbonyl (C=O) groups excluding carboxylic acids is 2. The zero-order valence-electron chi connectivity index (χ0n) is 58.1. The monoisotopic (exact) mass is 1170 g/mol. The number of carbonyl (C=O) groups is 2. The molecule has 0 aromatic heterocycles. The first-order chi connectivity index (χ1) is 41.6. The van der Waals surface area contributed by atoms with E-state index < -0.39 is 0 Å². The maximum Gasteiger partial charge on any atom is 0.254 e. The number of rotatable bonds is 70. The second kappa shape index (κ2) is 67.1. The summed E-state index contributed by atoms with van der Waals surface area (Å²) in [6.07, 6.45) is 86.7. The minimum atomic E-state index is 0.0886. The van der Waals surface area contributed by atoms with E-state index in [-0.39, 0.29) is 11.8 Å². The van der Waals surface area contributed by atoms with E-state index in [0.717, 1.165) is 51.9 Å². The van der Waals surface area contributed by atoms with Crippen molar-refractivity contribution in [2.24, 2.45) is 0 Å². The van der Waals surface area contributed by atoms with E-state index in [1.165, 1.54) is 385 Å². The van der Waals surface area contributed by atoms with Crippen molar-refractivity contribution in [2.75, 3.05) is 26.2 Å². The van der Waals surface area contributed by atoms with Gasteiger partial charge in [0.1, 0.15) is 0 Å². The Morgan fingerprint density at radius 1 is 0.202 bits per heavy atom. The highest BCUT2D eigenvalue weighted by Gasteiger charge is 2.25. The van der Waals surface area contributed by atoms with E-state index in [2.05, 4.69) is 37.5 Å². The first-order valence-corrected chi connectivity index (χ1v) is 39.3. The zero-order chi connectivity index (χ0) is 60.4. The lowest BCUT2D eigenvalue weighted by Gasteiger charge is -2.27. The van der Waals surface area contributed by atoms with E-state index >= 15 is 0 Å². The van der Waals surface area contributed by atoms with Crippen LogP contribution in [0.25, 0.3) is 0 Å². The van der Waals surface area contributed by atoms with E-state index in [1.807, 2.05) is 24.3 Å². The fraction of sp³-hybridized carbons (Fsp3) is 0.900. The molecule has 1 aromatic rings. The molecular weight excluding hydrogens is 1020 g/mol. The summed E-state index contributed by atoms with van der Waals surface area (Å²) in [4.78, 5) is 34.1. The Hall–Kier alpha value is -1.84. The van der Waals surface area contributed by atoms with Crippen LogP contribution >= 0.6 is 0 Å². The van der Waals surface area contributed by atoms with Gasteiger partial charge in [-0.05, 0) is 37.8 Å². The number of benzene rings is 1. The molecule has 494 valence electrons. The summed E-state index contributed by atoms with van der Waals surface area (Å²) in [5.74, 6) is 0.177. The Morgan fingerprint density at radius 3 is 0.452 bits per heavy atom. The molecule has 0 atom stereocenters. The number of unbranched alkanes of at least 4 members (excludes halogenated alkanes) is 60. The highest BCUT2D eigenvalue weighted by atomic mass is 16.2. The van der Waals surface area contributed by atoms with Gasteiger partial charge in [-0.15, -0.1) is 0 Å². The fourth-order valence-electron chi connectivity index (χ4n) is 13.2. The van der Waals surface area contributed by atoms with Crippen molar-refractivity contribution >= 4 is 11.8 Å². The molecule has 84 heavy (non-hydrogen) atoms. The van der Waals surface area contributed by atoms with Crippen LogP contribution in [-0.4, -0.2) is 47.8 Å². The lowest BCUT2D eigenvalue weighted by molar-refractivity contribution is 0.0710. The molecule has 0 N–H and O–H groups in total. The predicted octanol–water partition coefficient (Wildman–Crippen LogP) is 27.6. The summed E-state index contributed by atoms with van der Waals surface area (Å²) in [5, 5.41) is 0. The first kappa shape index (κ1) is 80.2. The van der Waals surface area contributed by atoms with Gasteiger partial charge in [-0.1, -0.05) is 425 Å². The van der Waals surface area contributed by atoms with Crippen LogP contribution in [0.3, 0.4) is 0 Å². The fourth-order valence-corrected chi connectivity index (χ4v) is 13.2. The Kier molecular flexibility index (Phi) is 64.0. The maximum absolute atomic E-state index is 14.9. The molecule has 0 aliphatic heterocycles. The van der Waals surface area contributed by atoms with Gasteiger partial charge < -0.3 is 9.80 Å². The molecule has 1 aromatic carbocycles. The second-order valence-corrected chi connectivity index (χ2v) is 27.3. The summed E-state index contributed by atoms with van der Waals surface area (Å²) in [6, 6.07) is 7.96. The molecular formula is C80H152N2O2. The lowest BCUT2D eigenvalue weighted by Crippen LogP contribution is -2.37. The van der Waals surface area contributed by atoms with Crippen molar-refractivity contribution < 1.29 is 9.59 Å². The largest absolute Gasteiger partial charge is 0.339 e. The highest BCUT2D eigenvalue weighted by molar-refractivity contribution is 6.07. The Balaban J connectivity index is 2.82. The van der Waals surface area contributed by atoms with Gasteiger partial charge in [-0.2, -0.15) is 0 Å². The molecule has 0 heterocycles. The normalized spacial score (nSPS) is 11.6. The third-order valence-electron chi connectivity index (χ3n) is 19.1. The van der Waals surface area contributed by atoms with E-state index in [0.29, 0.717) is 11.1 Å². The lowest BCUT2D eigenvalue weighted by atomic mass is 10.0. The molecule has 1 rings (SSSR count). The van der Waals surface area contributed by atoms with Gasteiger partial charge in [0.05, 0.1) is 11.1 Å². The highest BCUT2D eigenvalue weighted by Crippen LogP contribution is 2.22. The van der Waals surface area contributed by atoms with Gasteiger partial charge in [0.15, 0.2) is 0 Å². The smallest absolute Gasteiger partial charge is 0.254 e. The molecule has 4 nitrogen and oxygen atoms in total. The molecule has 4 heteroatoms. The van der Waals surface area contributed by atoms with Crippen LogP contribution in [0.15, 0.2) is 24.3 Å². The summed E-state index contributed by atoms with van der Waals surface area (Å²) in [6.45, 7) is 12.5. The van der Waals surface area contributed by atoms with Crippen LogP contribution in [0.5, 0.6) is 0 Å². The molecule has 2 amide bonds. The molecule has 0 unspecified atom stereocenters. The van der Waals surface area contributed by atoms with Crippen LogP contribution in [0.4, 0.5) is 0 Å². The summed E-state index contributed by atoms with van der Waals surface area (Å²) < 4.78 is 0. The average Bonchev–Trinajstić information content (AvgIpc) is 3.35.